The molecule has 0 saturated heterocycles. The van der Waals surface area contributed by atoms with Crippen LogP contribution in [0.4, 0.5) is 10.6 Å². The van der Waals surface area contributed by atoms with Gasteiger partial charge in [0.25, 0.3) is 0 Å². The third kappa shape index (κ3) is 3.61. The Morgan fingerprint density at radius 3 is 2.79 bits per heavy atom. The molecule has 2 amide bonds. The SMILES string of the molecule is CC(C)(C)c1cc(NC(=O)NCc2ccco2)no1. The predicted molar refractivity (Wildman–Crippen MR) is 69.8 cm³/mol. The summed E-state index contributed by atoms with van der Waals surface area (Å²) in [5, 5.41) is 9.05. The summed E-state index contributed by atoms with van der Waals surface area (Å²) >= 11 is 0. The average Bonchev–Trinajstić information content (AvgIpc) is 2.95. The van der Waals surface area contributed by atoms with Crippen molar-refractivity contribution in [3.05, 3.63) is 36.0 Å². The number of hydrogen-bond donors (Lipinski definition) is 2. The number of carbonyl (C=O) groups is 1. The molecule has 0 bridgehead atoms. The molecule has 0 aliphatic heterocycles. The van der Waals surface area contributed by atoms with E-state index in [2.05, 4.69) is 15.8 Å². The molecule has 0 aliphatic carbocycles. The molecule has 2 aromatic rings. The van der Waals surface area contributed by atoms with Gasteiger partial charge in [0, 0.05) is 11.5 Å². The van der Waals surface area contributed by atoms with E-state index in [4.69, 9.17) is 8.94 Å². The molecule has 2 rings (SSSR count). The number of furan rings is 1. The lowest BCUT2D eigenvalue weighted by atomic mass is 9.93. The summed E-state index contributed by atoms with van der Waals surface area (Å²) in [4.78, 5) is 11.6. The second-order valence-electron chi connectivity index (χ2n) is 5.21. The van der Waals surface area contributed by atoms with E-state index < -0.39 is 0 Å². The molecule has 6 nitrogen and oxygen atoms in total. The lowest BCUT2D eigenvalue weighted by Crippen LogP contribution is -2.28. The standard InChI is InChI=1S/C13H17N3O3/c1-13(2,3)10-7-11(16-19-10)15-12(17)14-8-9-5-4-6-18-9/h4-7H,8H2,1-3H3,(H2,14,15,16,17). The number of nitrogens with one attached hydrogen (secondary N) is 2. The van der Waals surface area contributed by atoms with Gasteiger partial charge in [-0.05, 0) is 12.1 Å². The van der Waals surface area contributed by atoms with E-state index in [1.807, 2.05) is 20.8 Å². The molecule has 0 aromatic carbocycles. The van der Waals surface area contributed by atoms with Gasteiger partial charge in [-0.25, -0.2) is 4.79 Å². The number of rotatable bonds is 3. The number of nitrogens with zero attached hydrogens (tertiary/aromatic N) is 1. The van der Waals surface area contributed by atoms with Crippen molar-refractivity contribution in [2.24, 2.45) is 0 Å². The van der Waals surface area contributed by atoms with Crippen molar-refractivity contribution < 1.29 is 13.7 Å². The number of carbonyl (C=O) groups excluding carboxylic acids is 1. The van der Waals surface area contributed by atoms with Crippen LogP contribution in [0, 0.1) is 0 Å². The first-order chi connectivity index (χ1) is 8.95. The van der Waals surface area contributed by atoms with Crippen LogP contribution >= 0.6 is 0 Å². The molecule has 0 unspecified atom stereocenters. The van der Waals surface area contributed by atoms with Gasteiger partial charge in [0.2, 0.25) is 0 Å². The van der Waals surface area contributed by atoms with Gasteiger partial charge in [-0.1, -0.05) is 25.9 Å². The Kier molecular flexibility index (Phi) is 3.59. The molecule has 2 heterocycles. The van der Waals surface area contributed by atoms with Gasteiger partial charge in [0.05, 0.1) is 12.8 Å². The number of aromatic nitrogens is 1. The maximum absolute atomic E-state index is 11.6. The Bertz CT molecular complexity index is 538. The molecule has 0 saturated carbocycles. The fourth-order valence-electron chi connectivity index (χ4n) is 1.43. The van der Waals surface area contributed by atoms with Crippen molar-refractivity contribution in [1.82, 2.24) is 10.5 Å². The molecule has 0 spiro atoms. The fourth-order valence-corrected chi connectivity index (χ4v) is 1.43. The predicted octanol–water partition coefficient (Wildman–Crippen LogP) is 2.89. The minimum atomic E-state index is -0.356. The average molecular weight is 263 g/mol. The largest absolute Gasteiger partial charge is 0.467 e. The van der Waals surface area contributed by atoms with Crippen molar-refractivity contribution >= 4 is 11.8 Å². The van der Waals surface area contributed by atoms with E-state index in [1.54, 1.807) is 24.5 Å². The molecule has 0 aliphatic rings. The van der Waals surface area contributed by atoms with Crippen LogP contribution in [0.25, 0.3) is 0 Å². The molecule has 19 heavy (non-hydrogen) atoms. The quantitative estimate of drug-likeness (QED) is 0.892. The van der Waals surface area contributed by atoms with Crippen LogP contribution in [-0.2, 0) is 12.0 Å². The van der Waals surface area contributed by atoms with Crippen molar-refractivity contribution in [1.29, 1.82) is 0 Å². The topological polar surface area (TPSA) is 80.3 Å². The van der Waals surface area contributed by atoms with Gasteiger partial charge in [-0.15, -0.1) is 0 Å². The highest BCUT2D eigenvalue weighted by molar-refractivity contribution is 5.88. The van der Waals surface area contributed by atoms with Crippen LogP contribution in [0.1, 0.15) is 32.3 Å². The monoisotopic (exact) mass is 263 g/mol. The van der Waals surface area contributed by atoms with Crippen LogP contribution in [0.15, 0.2) is 33.4 Å². The maximum Gasteiger partial charge on any atom is 0.320 e. The Balaban J connectivity index is 1.87. The molecular formula is C13H17N3O3. The molecule has 102 valence electrons. The number of anilines is 1. The summed E-state index contributed by atoms with van der Waals surface area (Å²) in [6.07, 6.45) is 1.56. The minimum Gasteiger partial charge on any atom is -0.467 e. The normalized spacial score (nSPS) is 11.3. The van der Waals surface area contributed by atoms with E-state index in [0.29, 0.717) is 23.9 Å². The second-order valence-corrected chi connectivity index (χ2v) is 5.21. The zero-order chi connectivity index (χ0) is 13.9. The summed E-state index contributed by atoms with van der Waals surface area (Å²) in [7, 11) is 0. The zero-order valence-electron chi connectivity index (χ0n) is 11.2. The van der Waals surface area contributed by atoms with Crippen LogP contribution in [0.2, 0.25) is 0 Å². The Morgan fingerprint density at radius 1 is 1.42 bits per heavy atom. The zero-order valence-corrected chi connectivity index (χ0v) is 11.2. The van der Waals surface area contributed by atoms with Gasteiger partial charge in [-0.2, -0.15) is 0 Å². The van der Waals surface area contributed by atoms with Crippen molar-refractivity contribution in [3.8, 4) is 0 Å². The van der Waals surface area contributed by atoms with Crippen LogP contribution in [0.5, 0.6) is 0 Å². The lowest BCUT2D eigenvalue weighted by Gasteiger charge is -2.12. The summed E-state index contributed by atoms with van der Waals surface area (Å²) in [5.74, 6) is 1.79. The first-order valence-electron chi connectivity index (χ1n) is 5.99. The van der Waals surface area contributed by atoms with Gasteiger partial charge in [0.1, 0.15) is 11.5 Å². The van der Waals surface area contributed by atoms with Gasteiger partial charge < -0.3 is 14.3 Å². The molecule has 6 heteroatoms. The molecule has 2 N–H and O–H groups in total. The molecule has 0 atom stereocenters. The van der Waals surface area contributed by atoms with Gasteiger partial charge in [-0.3, -0.25) is 5.32 Å². The van der Waals surface area contributed by atoms with E-state index >= 15 is 0 Å². The smallest absolute Gasteiger partial charge is 0.320 e. The molecule has 0 fully saturated rings. The van der Waals surface area contributed by atoms with Gasteiger partial charge >= 0.3 is 6.03 Å². The van der Waals surface area contributed by atoms with E-state index in [-0.39, 0.29) is 11.4 Å². The number of hydrogen-bond acceptors (Lipinski definition) is 4. The summed E-state index contributed by atoms with van der Waals surface area (Å²) in [5.41, 5.74) is -0.141. The van der Waals surface area contributed by atoms with E-state index in [1.165, 1.54) is 0 Å². The fraction of sp³-hybridized carbons (Fsp3) is 0.385. The summed E-state index contributed by atoms with van der Waals surface area (Å²) in [6, 6.07) is 4.91. The highest BCUT2D eigenvalue weighted by Gasteiger charge is 2.20. The number of amides is 2. The van der Waals surface area contributed by atoms with Crippen LogP contribution in [0.3, 0.4) is 0 Å². The molecule has 0 radical (unpaired) electrons. The van der Waals surface area contributed by atoms with Crippen molar-refractivity contribution in [2.45, 2.75) is 32.7 Å². The third-order valence-corrected chi connectivity index (χ3v) is 2.49. The van der Waals surface area contributed by atoms with Crippen LogP contribution < -0.4 is 10.6 Å². The Hall–Kier alpha value is -2.24. The third-order valence-electron chi connectivity index (χ3n) is 2.49. The summed E-state index contributed by atoms with van der Waals surface area (Å²) < 4.78 is 10.3. The number of urea groups is 1. The van der Waals surface area contributed by atoms with E-state index in [0.717, 1.165) is 0 Å². The minimum absolute atomic E-state index is 0.141. The Labute approximate surface area is 111 Å². The first-order valence-corrected chi connectivity index (χ1v) is 5.99. The molecular weight excluding hydrogens is 246 g/mol. The first kappa shape index (κ1) is 13.2. The summed E-state index contributed by atoms with van der Waals surface area (Å²) in [6.45, 7) is 6.35. The Morgan fingerprint density at radius 2 is 2.21 bits per heavy atom. The van der Waals surface area contributed by atoms with Crippen molar-refractivity contribution in [3.63, 3.8) is 0 Å². The van der Waals surface area contributed by atoms with E-state index in [9.17, 15) is 4.79 Å². The molecule has 2 aromatic heterocycles. The maximum atomic E-state index is 11.6. The van der Waals surface area contributed by atoms with Gasteiger partial charge in [0.15, 0.2) is 5.82 Å². The highest BCUT2D eigenvalue weighted by atomic mass is 16.5. The van der Waals surface area contributed by atoms with Crippen LogP contribution in [-0.4, -0.2) is 11.2 Å². The highest BCUT2D eigenvalue weighted by Crippen LogP contribution is 2.24. The van der Waals surface area contributed by atoms with Crippen molar-refractivity contribution in [2.75, 3.05) is 5.32 Å². The second kappa shape index (κ2) is 5.17. The lowest BCUT2D eigenvalue weighted by molar-refractivity contribution is 0.250.